The Bertz CT molecular complexity index is 1040. The Morgan fingerprint density at radius 3 is 2.78 bits per heavy atom. The molecule has 3 aromatic rings. The van der Waals surface area contributed by atoms with Gasteiger partial charge in [0.25, 0.3) is 5.91 Å². The van der Waals surface area contributed by atoms with Gasteiger partial charge in [-0.2, -0.15) is 0 Å². The number of rotatable bonds is 6. The van der Waals surface area contributed by atoms with Crippen LogP contribution in [0.3, 0.4) is 0 Å². The van der Waals surface area contributed by atoms with Gasteiger partial charge in [0.05, 0.1) is 16.4 Å². The summed E-state index contributed by atoms with van der Waals surface area (Å²) < 4.78 is 0.675. The highest BCUT2D eigenvalue weighted by Gasteiger charge is 2.30. The molecule has 138 valence electrons. The number of benzene rings is 2. The van der Waals surface area contributed by atoms with Crippen molar-refractivity contribution >= 4 is 56.9 Å². The maximum atomic E-state index is 12.8. The van der Waals surface area contributed by atoms with Crippen molar-refractivity contribution in [3.05, 3.63) is 57.2 Å². The average molecular weight is 399 g/mol. The molecule has 0 spiro atoms. The van der Waals surface area contributed by atoms with Gasteiger partial charge in [0.15, 0.2) is 0 Å². The summed E-state index contributed by atoms with van der Waals surface area (Å²) in [6, 6.07) is 13.2. The number of hydrogen-bond donors (Lipinski definition) is 1. The summed E-state index contributed by atoms with van der Waals surface area (Å²) in [4.78, 5) is 28.0. The van der Waals surface area contributed by atoms with E-state index in [4.69, 9.17) is 11.6 Å². The number of carbonyl (C=O) groups excluding carboxylic acids is 2. The Morgan fingerprint density at radius 1 is 1.19 bits per heavy atom. The molecule has 0 atom stereocenters. The first-order valence-corrected chi connectivity index (χ1v) is 10.2. The minimum absolute atomic E-state index is 0.0424. The summed E-state index contributed by atoms with van der Waals surface area (Å²) in [5.41, 5.74) is 2.37. The van der Waals surface area contributed by atoms with E-state index in [1.54, 1.807) is 6.07 Å². The lowest BCUT2D eigenvalue weighted by Gasteiger charge is -2.17. The van der Waals surface area contributed by atoms with Crippen molar-refractivity contribution in [2.24, 2.45) is 0 Å². The quantitative estimate of drug-likeness (QED) is 0.596. The molecule has 0 fully saturated rings. The van der Waals surface area contributed by atoms with E-state index in [0.29, 0.717) is 16.4 Å². The lowest BCUT2D eigenvalue weighted by atomic mass is 10.0. The van der Waals surface area contributed by atoms with Crippen LogP contribution in [0.25, 0.3) is 10.8 Å². The highest BCUT2D eigenvalue weighted by Crippen LogP contribution is 2.40. The number of unbranched alkanes of at least 4 members (excludes halogenated alkanes) is 1. The fraction of sp³-hybridized carbons (Fsp3) is 0.238. The topological polar surface area (TPSA) is 49.4 Å². The molecule has 2 amide bonds. The maximum absolute atomic E-state index is 12.8. The minimum Gasteiger partial charge on any atom is -0.325 e. The van der Waals surface area contributed by atoms with Crippen molar-refractivity contribution in [1.82, 2.24) is 0 Å². The lowest BCUT2D eigenvalue weighted by Crippen LogP contribution is -2.27. The summed E-state index contributed by atoms with van der Waals surface area (Å²) in [6.45, 7) is 2.83. The van der Waals surface area contributed by atoms with Crippen LogP contribution >= 0.6 is 22.9 Å². The van der Waals surface area contributed by atoms with Crippen molar-refractivity contribution < 1.29 is 9.59 Å². The minimum atomic E-state index is -0.0959. The first-order valence-electron chi connectivity index (χ1n) is 9.00. The van der Waals surface area contributed by atoms with E-state index >= 15 is 0 Å². The Hall–Kier alpha value is -2.37. The number of halogens is 1. The van der Waals surface area contributed by atoms with Crippen molar-refractivity contribution in [2.75, 3.05) is 16.8 Å². The largest absolute Gasteiger partial charge is 0.325 e. The Morgan fingerprint density at radius 2 is 2.04 bits per heavy atom. The third-order valence-corrected chi connectivity index (χ3v) is 5.99. The smallest absolute Gasteiger partial charge is 0.258 e. The van der Waals surface area contributed by atoms with Crippen LogP contribution < -0.4 is 10.2 Å². The molecular formula is C21H19ClN2O2S. The van der Waals surface area contributed by atoms with E-state index in [1.807, 2.05) is 41.3 Å². The summed E-state index contributed by atoms with van der Waals surface area (Å²) in [5.74, 6) is -0.0536. The van der Waals surface area contributed by atoms with E-state index in [9.17, 15) is 9.59 Å². The third kappa shape index (κ3) is 3.33. The van der Waals surface area contributed by atoms with Crippen LogP contribution in [-0.4, -0.2) is 18.4 Å². The van der Waals surface area contributed by atoms with Crippen molar-refractivity contribution in [3.63, 3.8) is 0 Å². The molecule has 1 aromatic heterocycles. The Kier molecular flexibility index (Phi) is 4.89. The fourth-order valence-corrected chi connectivity index (χ4v) is 4.58. The number of amides is 2. The van der Waals surface area contributed by atoms with Gasteiger partial charge in [-0.15, -0.1) is 11.3 Å². The average Bonchev–Trinajstić information content (AvgIpc) is 3.18. The summed E-state index contributed by atoms with van der Waals surface area (Å²) in [6.07, 6.45) is 2.27. The van der Waals surface area contributed by atoms with Gasteiger partial charge in [-0.05, 0) is 36.8 Å². The molecule has 6 heteroatoms. The zero-order valence-corrected chi connectivity index (χ0v) is 16.5. The van der Waals surface area contributed by atoms with Crippen LogP contribution in [0.5, 0.6) is 0 Å². The first kappa shape index (κ1) is 18.0. The van der Waals surface area contributed by atoms with E-state index in [1.165, 1.54) is 11.3 Å². The summed E-state index contributed by atoms with van der Waals surface area (Å²) in [5, 5.41) is 4.82. The van der Waals surface area contributed by atoms with Gasteiger partial charge in [-0.3, -0.25) is 9.59 Å². The van der Waals surface area contributed by atoms with Crippen LogP contribution in [0.2, 0.25) is 4.34 Å². The van der Waals surface area contributed by atoms with Gasteiger partial charge >= 0.3 is 0 Å². The summed E-state index contributed by atoms with van der Waals surface area (Å²) in [7, 11) is 0. The van der Waals surface area contributed by atoms with Gasteiger partial charge in [-0.1, -0.05) is 37.1 Å². The van der Waals surface area contributed by atoms with E-state index in [-0.39, 0.29) is 18.2 Å². The monoisotopic (exact) mass is 398 g/mol. The van der Waals surface area contributed by atoms with Crippen LogP contribution in [0.1, 0.15) is 35.0 Å². The normalized spacial score (nSPS) is 12.8. The second kappa shape index (κ2) is 7.33. The van der Waals surface area contributed by atoms with Gasteiger partial charge in [0.2, 0.25) is 5.91 Å². The fourth-order valence-electron chi connectivity index (χ4n) is 3.49. The van der Waals surface area contributed by atoms with E-state index < -0.39 is 0 Å². The second-order valence-electron chi connectivity index (χ2n) is 6.60. The van der Waals surface area contributed by atoms with Gasteiger partial charge < -0.3 is 10.2 Å². The molecule has 1 N–H and O–H groups in total. The molecule has 0 aliphatic carbocycles. The molecule has 0 radical (unpaired) electrons. The van der Waals surface area contributed by atoms with Crippen LogP contribution in [0.15, 0.2) is 42.5 Å². The zero-order valence-electron chi connectivity index (χ0n) is 14.9. The van der Waals surface area contributed by atoms with Crippen LogP contribution in [0, 0.1) is 0 Å². The van der Waals surface area contributed by atoms with Gasteiger partial charge in [0, 0.05) is 33.4 Å². The van der Waals surface area contributed by atoms with Crippen LogP contribution in [-0.2, 0) is 11.2 Å². The SMILES string of the molecule is CCCCN1C(=O)c2cccc3c(NC(=O)Cc4ccc(Cl)s4)ccc1c23. The predicted octanol–water partition coefficient (Wildman–Crippen LogP) is 5.50. The zero-order chi connectivity index (χ0) is 19.0. The molecule has 4 rings (SSSR count). The number of nitrogens with zero attached hydrogens (tertiary/aromatic N) is 1. The molecule has 4 nitrogen and oxygen atoms in total. The van der Waals surface area contributed by atoms with E-state index in [2.05, 4.69) is 12.2 Å². The molecule has 0 saturated heterocycles. The maximum Gasteiger partial charge on any atom is 0.258 e. The van der Waals surface area contributed by atoms with Crippen molar-refractivity contribution in [2.45, 2.75) is 26.2 Å². The van der Waals surface area contributed by atoms with Crippen molar-refractivity contribution in [1.29, 1.82) is 0 Å². The third-order valence-electron chi connectivity index (χ3n) is 4.76. The molecule has 0 unspecified atom stereocenters. The number of anilines is 2. The predicted molar refractivity (Wildman–Crippen MR) is 112 cm³/mol. The number of carbonyl (C=O) groups is 2. The molecule has 1 aliphatic heterocycles. The molecule has 2 aromatic carbocycles. The summed E-state index contributed by atoms with van der Waals surface area (Å²) >= 11 is 7.34. The van der Waals surface area contributed by atoms with Gasteiger partial charge in [0.1, 0.15) is 0 Å². The Labute approximate surface area is 166 Å². The highest BCUT2D eigenvalue weighted by molar-refractivity contribution is 7.16. The standard InChI is InChI=1S/C21H19ClN2O2S/c1-2-3-11-24-17-9-8-16(14-5-4-6-15(20(14)17)21(24)26)23-19(25)12-13-7-10-18(22)27-13/h4-10H,2-3,11-12H2,1H3,(H,23,25). The molecule has 1 aliphatic rings. The number of nitrogens with one attached hydrogen (secondary N) is 1. The molecule has 27 heavy (non-hydrogen) atoms. The van der Waals surface area contributed by atoms with Gasteiger partial charge in [-0.25, -0.2) is 0 Å². The molecule has 0 bridgehead atoms. The Balaban J connectivity index is 1.65. The first-order chi connectivity index (χ1) is 13.1. The number of hydrogen-bond acceptors (Lipinski definition) is 3. The second-order valence-corrected chi connectivity index (χ2v) is 8.40. The molecule has 2 heterocycles. The van der Waals surface area contributed by atoms with E-state index in [0.717, 1.165) is 39.9 Å². The molecular weight excluding hydrogens is 380 g/mol. The van der Waals surface area contributed by atoms with Crippen molar-refractivity contribution in [3.8, 4) is 0 Å². The number of thiophene rings is 1. The lowest BCUT2D eigenvalue weighted by molar-refractivity contribution is -0.115. The molecule has 0 saturated carbocycles. The van der Waals surface area contributed by atoms with Crippen LogP contribution in [0.4, 0.5) is 11.4 Å². The highest BCUT2D eigenvalue weighted by atomic mass is 35.5.